The van der Waals surface area contributed by atoms with Gasteiger partial charge in [0.05, 0.1) is 6.42 Å². The lowest BCUT2D eigenvalue weighted by Gasteiger charge is -2.37. The van der Waals surface area contributed by atoms with Crippen molar-refractivity contribution in [1.82, 2.24) is 9.80 Å². The topological polar surface area (TPSA) is 60.9 Å². The van der Waals surface area contributed by atoms with Crippen molar-refractivity contribution in [2.75, 3.05) is 26.2 Å². The molecule has 0 aliphatic carbocycles. The third-order valence-corrected chi connectivity index (χ3v) is 3.39. The number of carboxylic acids is 1. The normalized spacial score (nSPS) is 23.8. The molecule has 5 nitrogen and oxygen atoms in total. The largest absolute Gasteiger partial charge is 0.481 e. The van der Waals surface area contributed by atoms with Crippen LogP contribution in [0.5, 0.6) is 0 Å². The first-order chi connectivity index (χ1) is 8.43. The molecule has 0 spiro atoms. The molecule has 0 saturated carbocycles. The number of urea groups is 1. The van der Waals surface area contributed by atoms with Crippen molar-refractivity contribution in [2.24, 2.45) is 11.8 Å². The maximum atomic E-state index is 12.3. The number of likely N-dealkylation sites (tertiary alicyclic amines) is 1. The van der Waals surface area contributed by atoms with Crippen LogP contribution in [-0.2, 0) is 4.79 Å². The summed E-state index contributed by atoms with van der Waals surface area (Å²) in [6.45, 7) is 8.62. The molecule has 2 atom stereocenters. The fourth-order valence-electron chi connectivity index (χ4n) is 2.64. The second-order valence-corrected chi connectivity index (χ2v) is 5.36. The molecule has 2 amide bonds. The van der Waals surface area contributed by atoms with E-state index in [-0.39, 0.29) is 12.5 Å². The van der Waals surface area contributed by atoms with E-state index in [1.807, 2.05) is 11.8 Å². The second kappa shape index (κ2) is 6.61. The first-order valence-corrected chi connectivity index (χ1v) is 6.69. The van der Waals surface area contributed by atoms with Crippen molar-refractivity contribution in [3.8, 4) is 0 Å². The molecule has 1 saturated heterocycles. The Morgan fingerprint density at radius 3 is 2.28 bits per heavy atom. The Morgan fingerprint density at radius 2 is 1.83 bits per heavy atom. The number of piperidine rings is 1. The maximum Gasteiger partial charge on any atom is 0.320 e. The number of carbonyl (C=O) groups excluding carboxylic acids is 1. The first kappa shape index (κ1) is 14.8. The van der Waals surface area contributed by atoms with Gasteiger partial charge in [-0.2, -0.15) is 0 Å². The Kier molecular flexibility index (Phi) is 5.44. The van der Waals surface area contributed by atoms with Gasteiger partial charge in [0.25, 0.3) is 0 Å². The van der Waals surface area contributed by atoms with Crippen LogP contribution in [0.2, 0.25) is 0 Å². The van der Waals surface area contributed by atoms with Gasteiger partial charge in [-0.05, 0) is 25.2 Å². The molecule has 0 aromatic rings. The van der Waals surface area contributed by atoms with Gasteiger partial charge in [0, 0.05) is 26.2 Å². The van der Waals surface area contributed by atoms with Gasteiger partial charge in [-0.1, -0.05) is 13.8 Å². The lowest BCUT2D eigenvalue weighted by atomic mass is 9.92. The Labute approximate surface area is 109 Å². The lowest BCUT2D eigenvalue weighted by molar-refractivity contribution is -0.137. The van der Waals surface area contributed by atoms with Crippen molar-refractivity contribution >= 4 is 12.0 Å². The number of aliphatic carboxylic acids is 1. The van der Waals surface area contributed by atoms with Crippen LogP contribution in [0.25, 0.3) is 0 Å². The van der Waals surface area contributed by atoms with E-state index in [1.165, 1.54) is 0 Å². The van der Waals surface area contributed by atoms with Gasteiger partial charge in [-0.3, -0.25) is 4.79 Å². The number of rotatable bonds is 4. The molecule has 0 radical (unpaired) electrons. The summed E-state index contributed by atoms with van der Waals surface area (Å²) in [5.41, 5.74) is 0. The first-order valence-electron chi connectivity index (χ1n) is 6.69. The monoisotopic (exact) mass is 256 g/mol. The highest BCUT2D eigenvalue weighted by Crippen LogP contribution is 2.21. The third-order valence-electron chi connectivity index (χ3n) is 3.39. The van der Waals surface area contributed by atoms with E-state index in [2.05, 4.69) is 13.8 Å². The zero-order chi connectivity index (χ0) is 13.7. The summed E-state index contributed by atoms with van der Waals surface area (Å²) in [7, 11) is 0. The average molecular weight is 256 g/mol. The molecule has 1 fully saturated rings. The minimum Gasteiger partial charge on any atom is -0.481 e. The number of nitrogens with zero attached hydrogens (tertiary/aromatic N) is 2. The molecule has 0 aromatic carbocycles. The highest BCUT2D eigenvalue weighted by molar-refractivity contribution is 5.75. The summed E-state index contributed by atoms with van der Waals surface area (Å²) in [5.74, 6) is 0.188. The number of amides is 2. The summed E-state index contributed by atoms with van der Waals surface area (Å²) in [5, 5.41) is 8.68. The molecule has 0 aromatic heterocycles. The number of carboxylic acid groups (broad SMARTS) is 1. The fourth-order valence-corrected chi connectivity index (χ4v) is 2.64. The van der Waals surface area contributed by atoms with Gasteiger partial charge >= 0.3 is 12.0 Å². The molecular weight excluding hydrogens is 232 g/mol. The Bertz CT molecular complexity index is 297. The van der Waals surface area contributed by atoms with Crippen LogP contribution in [-0.4, -0.2) is 53.1 Å². The van der Waals surface area contributed by atoms with E-state index in [0.717, 1.165) is 19.5 Å². The molecule has 5 heteroatoms. The maximum absolute atomic E-state index is 12.3. The fraction of sp³-hybridized carbons (Fsp3) is 0.846. The summed E-state index contributed by atoms with van der Waals surface area (Å²) < 4.78 is 0. The van der Waals surface area contributed by atoms with Crippen LogP contribution < -0.4 is 0 Å². The van der Waals surface area contributed by atoms with E-state index in [0.29, 0.717) is 24.9 Å². The zero-order valence-corrected chi connectivity index (χ0v) is 11.6. The van der Waals surface area contributed by atoms with E-state index >= 15 is 0 Å². The van der Waals surface area contributed by atoms with E-state index < -0.39 is 5.97 Å². The summed E-state index contributed by atoms with van der Waals surface area (Å²) >= 11 is 0. The lowest BCUT2D eigenvalue weighted by Crippen LogP contribution is -2.49. The zero-order valence-electron chi connectivity index (χ0n) is 11.6. The van der Waals surface area contributed by atoms with E-state index in [4.69, 9.17) is 5.11 Å². The van der Waals surface area contributed by atoms with Crippen molar-refractivity contribution in [1.29, 1.82) is 0 Å². The quantitative estimate of drug-likeness (QED) is 0.835. The van der Waals surface area contributed by atoms with Crippen LogP contribution in [0.4, 0.5) is 4.79 Å². The molecule has 1 aliphatic heterocycles. The smallest absolute Gasteiger partial charge is 0.320 e. The van der Waals surface area contributed by atoms with Crippen molar-refractivity contribution < 1.29 is 14.7 Å². The minimum absolute atomic E-state index is 0.0124. The van der Waals surface area contributed by atoms with E-state index in [9.17, 15) is 9.59 Å². The van der Waals surface area contributed by atoms with Crippen LogP contribution in [0.3, 0.4) is 0 Å². The molecule has 1 aliphatic rings. The average Bonchev–Trinajstić information content (AvgIpc) is 2.27. The second-order valence-electron chi connectivity index (χ2n) is 5.36. The van der Waals surface area contributed by atoms with Crippen LogP contribution >= 0.6 is 0 Å². The van der Waals surface area contributed by atoms with Gasteiger partial charge in [0.15, 0.2) is 0 Å². The highest BCUT2D eigenvalue weighted by atomic mass is 16.4. The summed E-state index contributed by atoms with van der Waals surface area (Å²) in [4.78, 5) is 26.4. The van der Waals surface area contributed by atoms with Gasteiger partial charge in [0.2, 0.25) is 0 Å². The highest BCUT2D eigenvalue weighted by Gasteiger charge is 2.28. The molecule has 2 unspecified atom stereocenters. The SMILES string of the molecule is CCN(CCC(=O)O)C(=O)N1CC(C)CC(C)C1. The third kappa shape index (κ3) is 4.20. The number of hydrogen-bond donors (Lipinski definition) is 1. The van der Waals surface area contributed by atoms with Crippen LogP contribution in [0, 0.1) is 11.8 Å². The molecule has 104 valence electrons. The Hall–Kier alpha value is -1.26. The molecule has 1 N–H and O–H groups in total. The predicted octanol–water partition coefficient (Wildman–Crippen LogP) is 1.88. The molecule has 0 bridgehead atoms. The van der Waals surface area contributed by atoms with Crippen LogP contribution in [0.1, 0.15) is 33.6 Å². The van der Waals surface area contributed by atoms with Gasteiger partial charge < -0.3 is 14.9 Å². The molecule has 18 heavy (non-hydrogen) atoms. The Balaban J connectivity index is 2.56. The van der Waals surface area contributed by atoms with Gasteiger partial charge in [0.1, 0.15) is 0 Å². The summed E-state index contributed by atoms with van der Waals surface area (Å²) in [6.07, 6.45) is 1.17. The Morgan fingerprint density at radius 1 is 1.28 bits per heavy atom. The number of carbonyl (C=O) groups is 2. The van der Waals surface area contributed by atoms with Crippen molar-refractivity contribution in [2.45, 2.75) is 33.6 Å². The van der Waals surface area contributed by atoms with E-state index in [1.54, 1.807) is 4.90 Å². The van der Waals surface area contributed by atoms with Crippen molar-refractivity contribution in [3.05, 3.63) is 0 Å². The summed E-state index contributed by atoms with van der Waals surface area (Å²) in [6, 6.07) is -0.0165. The molecule has 1 heterocycles. The minimum atomic E-state index is -0.860. The standard InChI is InChI=1S/C13H24N2O3/c1-4-14(6-5-12(16)17)13(18)15-8-10(2)7-11(3)9-15/h10-11H,4-9H2,1-3H3,(H,16,17). The number of hydrogen-bond acceptors (Lipinski definition) is 2. The predicted molar refractivity (Wildman–Crippen MR) is 69.4 cm³/mol. The van der Waals surface area contributed by atoms with Crippen LogP contribution in [0.15, 0.2) is 0 Å². The van der Waals surface area contributed by atoms with Gasteiger partial charge in [-0.25, -0.2) is 4.79 Å². The van der Waals surface area contributed by atoms with Gasteiger partial charge in [-0.15, -0.1) is 0 Å². The van der Waals surface area contributed by atoms with Crippen molar-refractivity contribution in [3.63, 3.8) is 0 Å². The molecular formula is C13H24N2O3. The molecule has 1 rings (SSSR count).